The summed E-state index contributed by atoms with van der Waals surface area (Å²) in [5, 5.41) is 10.3. The lowest BCUT2D eigenvalue weighted by Gasteiger charge is -2.18. The fourth-order valence-electron chi connectivity index (χ4n) is 1.35. The average molecular weight is 280 g/mol. The van der Waals surface area contributed by atoms with Gasteiger partial charge >= 0.3 is 11.9 Å². The van der Waals surface area contributed by atoms with Gasteiger partial charge in [0.15, 0.2) is 0 Å². The molecule has 0 aromatic heterocycles. The predicted molar refractivity (Wildman–Crippen MR) is 56.1 cm³/mol. The molecule has 1 amide bonds. The van der Waals surface area contributed by atoms with Crippen LogP contribution in [0.15, 0.2) is 18.2 Å². The van der Waals surface area contributed by atoms with Crippen molar-refractivity contribution in [3.8, 4) is 0 Å². The molecule has 0 saturated carbocycles. The van der Waals surface area contributed by atoms with E-state index in [0.29, 0.717) is 11.0 Å². The Balaban J connectivity index is 2.95. The quantitative estimate of drug-likeness (QED) is 0.485. The van der Waals surface area contributed by atoms with E-state index in [1.54, 1.807) is 0 Å². The normalized spacial score (nSPS) is 11.2. The summed E-state index contributed by atoms with van der Waals surface area (Å²) in [6.07, 6.45) is -4.58. The van der Waals surface area contributed by atoms with Gasteiger partial charge in [-0.1, -0.05) is 0 Å². The van der Waals surface area contributed by atoms with Crippen molar-refractivity contribution in [3.05, 3.63) is 39.7 Å². The highest BCUT2D eigenvalue weighted by molar-refractivity contribution is 5.94. The largest absolute Gasteiger partial charge is 0.406 e. The number of carbonyl (C=O) groups is 1. The fraction of sp³-hybridized carbons (Fsp3) is 0.300. The minimum Gasteiger partial charge on any atom is -0.333 e. The molecule has 1 rings (SSSR count). The van der Waals surface area contributed by atoms with Crippen LogP contribution in [0.2, 0.25) is 0 Å². The Hall–Kier alpha value is -2.19. The zero-order valence-electron chi connectivity index (χ0n) is 9.57. The van der Waals surface area contributed by atoms with Gasteiger partial charge in [0.2, 0.25) is 5.82 Å². The molecule has 9 heteroatoms. The van der Waals surface area contributed by atoms with E-state index in [-0.39, 0.29) is 0 Å². The van der Waals surface area contributed by atoms with Gasteiger partial charge in [-0.3, -0.25) is 14.9 Å². The van der Waals surface area contributed by atoms with Crippen LogP contribution in [0.4, 0.5) is 23.2 Å². The first-order chi connectivity index (χ1) is 8.61. The van der Waals surface area contributed by atoms with Gasteiger partial charge in [-0.05, 0) is 12.1 Å². The van der Waals surface area contributed by atoms with Crippen molar-refractivity contribution in [2.24, 2.45) is 0 Å². The van der Waals surface area contributed by atoms with Crippen LogP contribution in [0.25, 0.3) is 0 Å². The van der Waals surface area contributed by atoms with E-state index in [1.807, 2.05) is 0 Å². The second kappa shape index (κ2) is 5.21. The molecule has 0 aliphatic rings. The van der Waals surface area contributed by atoms with Crippen LogP contribution in [0.5, 0.6) is 0 Å². The third kappa shape index (κ3) is 3.90. The van der Waals surface area contributed by atoms with E-state index in [2.05, 4.69) is 0 Å². The number of rotatable bonds is 3. The second-order valence-corrected chi connectivity index (χ2v) is 3.70. The molecule has 0 aliphatic carbocycles. The van der Waals surface area contributed by atoms with Gasteiger partial charge in [0.1, 0.15) is 6.54 Å². The standard InChI is InChI=1S/C10H8F4N2O3/c1-15(5-10(12,13)14)9(17)6-2-3-8(16(18)19)7(11)4-6/h2-4H,5H2,1H3. The molecule has 5 nitrogen and oxygen atoms in total. The van der Waals surface area contributed by atoms with E-state index in [4.69, 9.17) is 0 Å². The molecule has 1 aromatic carbocycles. The Morgan fingerprint density at radius 2 is 2.00 bits per heavy atom. The highest BCUT2D eigenvalue weighted by Gasteiger charge is 2.31. The van der Waals surface area contributed by atoms with Gasteiger partial charge in [-0.15, -0.1) is 0 Å². The first-order valence-electron chi connectivity index (χ1n) is 4.88. The number of benzene rings is 1. The lowest BCUT2D eigenvalue weighted by molar-refractivity contribution is -0.387. The third-order valence-electron chi connectivity index (χ3n) is 2.15. The van der Waals surface area contributed by atoms with E-state index < -0.39 is 40.6 Å². The lowest BCUT2D eigenvalue weighted by atomic mass is 10.1. The Morgan fingerprint density at radius 1 is 1.42 bits per heavy atom. The number of nitro benzene ring substituents is 1. The minimum atomic E-state index is -4.58. The summed E-state index contributed by atoms with van der Waals surface area (Å²) in [5.41, 5.74) is -1.25. The number of halogens is 4. The average Bonchev–Trinajstić information content (AvgIpc) is 2.24. The van der Waals surface area contributed by atoms with E-state index in [9.17, 15) is 32.5 Å². The molecular weight excluding hydrogens is 272 g/mol. The maximum absolute atomic E-state index is 13.2. The number of nitro groups is 1. The summed E-state index contributed by atoms with van der Waals surface area (Å²) in [5.74, 6) is -2.36. The summed E-state index contributed by atoms with van der Waals surface area (Å²) in [7, 11) is 0.898. The Morgan fingerprint density at radius 3 is 2.42 bits per heavy atom. The molecule has 0 fully saturated rings. The number of hydrogen-bond donors (Lipinski definition) is 0. The molecule has 0 saturated heterocycles. The summed E-state index contributed by atoms with van der Waals surface area (Å²) in [6.45, 7) is -1.50. The molecule has 0 N–H and O–H groups in total. The van der Waals surface area contributed by atoms with Crippen molar-refractivity contribution >= 4 is 11.6 Å². The van der Waals surface area contributed by atoms with Crippen LogP contribution >= 0.6 is 0 Å². The first-order valence-corrected chi connectivity index (χ1v) is 4.88. The smallest absolute Gasteiger partial charge is 0.333 e. The number of alkyl halides is 3. The monoisotopic (exact) mass is 280 g/mol. The van der Waals surface area contributed by atoms with Crippen LogP contribution in [-0.4, -0.2) is 35.5 Å². The van der Waals surface area contributed by atoms with Gasteiger partial charge in [0, 0.05) is 18.7 Å². The van der Waals surface area contributed by atoms with Crippen LogP contribution in [0.1, 0.15) is 10.4 Å². The molecule has 0 spiro atoms. The number of carbonyl (C=O) groups excluding carboxylic acids is 1. The van der Waals surface area contributed by atoms with Gasteiger partial charge in [0.25, 0.3) is 5.91 Å². The van der Waals surface area contributed by atoms with Crippen molar-refractivity contribution < 1.29 is 27.3 Å². The molecule has 0 bridgehead atoms. The van der Waals surface area contributed by atoms with E-state index in [1.165, 1.54) is 0 Å². The maximum Gasteiger partial charge on any atom is 0.406 e. The Kier molecular flexibility index (Phi) is 4.07. The highest BCUT2D eigenvalue weighted by Crippen LogP contribution is 2.20. The molecule has 0 aliphatic heterocycles. The van der Waals surface area contributed by atoms with Gasteiger partial charge in [0.05, 0.1) is 4.92 Å². The first kappa shape index (κ1) is 14.9. The van der Waals surface area contributed by atoms with E-state index >= 15 is 0 Å². The lowest BCUT2D eigenvalue weighted by Crippen LogP contribution is -2.35. The minimum absolute atomic E-state index is 0.348. The molecular formula is C10H8F4N2O3. The number of amides is 1. The van der Waals surface area contributed by atoms with Crippen molar-refractivity contribution in [1.29, 1.82) is 0 Å². The molecule has 0 unspecified atom stereocenters. The van der Waals surface area contributed by atoms with Gasteiger partial charge < -0.3 is 4.90 Å². The zero-order valence-corrected chi connectivity index (χ0v) is 9.57. The summed E-state index contributed by atoms with van der Waals surface area (Å²) >= 11 is 0. The summed E-state index contributed by atoms with van der Waals surface area (Å²) in [4.78, 5) is 21.2. The number of nitrogens with zero attached hydrogens (tertiary/aromatic N) is 2. The molecule has 104 valence electrons. The van der Waals surface area contributed by atoms with Crippen molar-refractivity contribution in [2.75, 3.05) is 13.6 Å². The van der Waals surface area contributed by atoms with Crippen LogP contribution in [0.3, 0.4) is 0 Å². The van der Waals surface area contributed by atoms with Crippen molar-refractivity contribution in [3.63, 3.8) is 0 Å². The number of hydrogen-bond acceptors (Lipinski definition) is 3. The molecule has 19 heavy (non-hydrogen) atoms. The molecule has 0 atom stereocenters. The van der Waals surface area contributed by atoms with Crippen molar-refractivity contribution in [1.82, 2.24) is 4.90 Å². The van der Waals surface area contributed by atoms with Gasteiger partial charge in [-0.25, -0.2) is 0 Å². The molecule has 0 heterocycles. The molecule has 1 aromatic rings. The predicted octanol–water partition coefficient (Wildman–Crippen LogP) is 2.37. The summed E-state index contributed by atoms with van der Waals surface area (Å²) < 4.78 is 49.5. The van der Waals surface area contributed by atoms with Crippen molar-refractivity contribution in [2.45, 2.75) is 6.18 Å². The van der Waals surface area contributed by atoms with E-state index in [0.717, 1.165) is 19.2 Å². The molecule has 0 radical (unpaired) electrons. The highest BCUT2D eigenvalue weighted by atomic mass is 19.4. The van der Waals surface area contributed by atoms with Crippen LogP contribution < -0.4 is 0 Å². The van der Waals surface area contributed by atoms with Crippen LogP contribution in [-0.2, 0) is 0 Å². The topological polar surface area (TPSA) is 63.5 Å². The Labute approximate surface area is 104 Å². The fourth-order valence-corrected chi connectivity index (χ4v) is 1.35. The maximum atomic E-state index is 13.2. The van der Waals surface area contributed by atoms with Crippen LogP contribution in [0, 0.1) is 15.9 Å². The Bertz CT molecular complexity index is 516. The van der Waals surface area contributed by atoms with Gasteiger partial charge in [-0.2, -0.15) is 17.6 Å². The SMILES string of the molecule is CN(CC(F)(F)F)C(=O)c1ccc([N+](=O)[O-])c(F)c1. The zero-order chi connectivity index (χ0) is 14.8. The third-order valence-corrected chi connectivity index (χ3v) is 2.15. The second-order valence-electron chi connectivity index (χ2n) is 3.70. The summed E-state index contributed by atoms with van der Waals surface area (Å²) in [6, 6.07) is 2.16.